The number of rotatable bonds is 11. The van der Waals surface area contributed by atoms with Crippen molar-refractivity contribution in [2.75, 3.05) is 33.4 Å². The Bertz CT molecular complexity index is 1350. The minimum Gasteiger partial charge on any atom is -0.497 e. The number of ether oxygens (including phenoxy) is 2. The molecule has 0 aromatic heterocycles. The number of benzene rings is 3. The minimum absolute atomic E-state index is 0.0177. The molecule has 4 rings (SSSR count). The number of hydroxylamine groups is 2. The van der Waals surface area contributed by atoms with Crippen LogP contribution in [0.3, 0.4) is 0 Å². The van der Waals surface area contributed by atoms with Crippen molar-refractivity contribution in [1.82, 2.24) is 9.96 Å². The molecule has 0 saturated heterocycles. The third-order valence-corrected chi connectivity index (χ3v) is 6.92. The van der Waals surface area contributed by atoms with E-state index < -0.39 is 18.2 Å². The van der Waals surface area contributed by atoms with Crippen LogP contribution in [0.15, 0.2) is 71.7 Å². The van der Waals surface area contributed by atoms with Crippen LogP contribution in [0, 0.1) is 0 Å². The summed E-state index contributed by atoms with van der Waals surface area (Å²) in [5, 5.41) is 21.6. The van der Waals surface area contributed by atoms with Crippen LogP contribution in [-0.4, -0.2) is 71.6 Å². The summed E-state index contributed by atoms with van der Waals surface area (Å²) in [6.45, 7) is 3.19. The Balaban J connectivity index is 1.90. The zero-order valence-corrected chi connectivity index (χ0v) is 24.5. The second-order valence-electron chi connectivity index (χ2n) is 9.59. The van der Waals surface area contributed by atoms with Crippen molar-refractivity contribution >= 4 is 35.1 Å². The molecule has 9 nitrogen and oxygen atoms in total. The molecule has 1 heterocycles. The summed E-state index contributed by atoms with van der Waals surface area (Å²) in [5.41, 5.74) is 2.21. The monoisotopic (exact) mass is 601 g/mol. The quantitative estimate of drug-likeness (QED) is 0.292. The number of carbonyl (C=O) groups is 1. The molecule has 2 N–H and O–H groups in total. The molecule has 3 aromatic carbocycles. The number of carbonyl (C=O) groups excluding carboxylic acids is 1. The zero-order chi connectivity index (χ0) is 29.5. The fourth-order valence-electron chi connectivity index (χ4n) is 4.55. The maximum atomic E-state index is 13.4. The highest BCUT2D eigenvalue weighted by Gasteiger charge is 2.43. The molecule has 1 aliphatic heterocycles. The van der Waals surface area contributed by atoms with Crippen LogP contribution < -0.4 is 9.47 Å². The first-order valence-corrected chi connectivity index (χ1v) is 13.9. The number of aliphatic hydroxyl groups excluding tert-OH is 2. The van der Waals surface area contributed by atoms with E-state index in [4.69, 9.17) is 42.5 Å². The second kappa shape index (κ2) is 13.9. The largest absolute Gasteiger partial charge is 0.497 e. The van der Waals surface area contributed by atoms with Gasteiger partial charge >= 0.3 is 6.09 Å². The minimum atomic E-state index is -0.753. The van der Waals surface area contributed by atoms with E-state index in [1.54, 1.807) is 49.6 Å². The van der Waals surface area contributed by atoms with Gasteiger partial charge in [-0.3, -0.25) is 4.99 Å². The molecule has 0 fully saturated rings. The maximum Gasteiger partial charge on any atom is 0.434 e. The summed E-state index contributed by atoms with van der Waals surface area (Å²) < 4.78 is 11.6. The van der Waals surface area contributed by atoms with Crippen molar-refractivity contribution in [3.05, 3.63) is 93.5 Å². The Kier molecular flexibility index (Phi) is 10.3. The van der Waals surface area contributed by atoms with E-state index >= 15 is 0 Å². The van der Waals surface area contributed by atoms with Crippen molar-refractivity contribution in [2.45, 2.75) is 32.0 Å². The first kappa shape index (κ1) is 30.5. The molecule has 2 atom stereocenters. The summed E-state index contributed by atoms with van der Waals surface area (Å²) in [4.78, 5) is 25.8. The number of hydrogen-bond donors (Lipinski definition) is 2. The van der Waals surface area contributed by atoms with Crippen molar-refractivity contribution in [3.63, 3.8) is 0 Å². The molecular weight excluding hydrogens is 569 g/mol. The Morgan fingerprint density at radius 3 is 2.07 bits per heavy atom. The standard InChI is InChI=1S/C30H33Cl2N3O6/c1-19(2)40-26-18-24(39-3)12-13-25(26)29-33-27(20-4-8-22(31)9-5-20)28(21-6-10-23(32)11-7-21)35(29)41-30(38)34(14-16-36)15-17-37/h4-13,18-19,27-28,36-37H,14-17H2,1-3H3. The summed E-state index contributed by atoms with van der Waals surface area (Å²) in [5.74, 6) is 1.44. The van der Waals surface area contributed by atoms with E-state index in [0.29, 0.717) is 32.9 Å². The highest BCUT2D eigenvalue weighted by molar-refractivity contribution is 6.30. The molecule has 1 aliphatic rings. The maximum absolute atomic E-state index is 13.4. The van der Waals surface area contributed by atoms with Crippen LogP contribution in [0.5, 0.6) is 11.5 Å². The van der Waals surface area contributed by atoms with Crippen LogP contribution in [0.25, 0.3) is 0 Å². The number of hydrogen-bond acceptors (Lipinski definition) is 8. The Labute approximate surface area is 249 Å². The van der Waals surface area contributed by atoms with E-state index in [2.05, 4.69) is 0 Å². The molecular formula is C30H33Cl2N3O6. The second-order valence-corrected chi connectivity index (χ2v) is 10.5. The summed E-state index contributed by atoms with van der Waals surface area (Å²) in [7, 11) is 1.57. The van der Waals surface area contributed by atoms with E-state index in [-0.39, 0.29) is 32.4 Å². The molecule has 3 aromatic rings. The van der Waals surface area contributed by atoms with Crippen molar-refractivity contribution in [1.29, 1.82) is 0 Å². The van der Waals surface area contributed by atoms with Gasteiger partial charge in [0, 0.05) is 29.2 Å². The smallest absolute Gasteiger partial charge is 0.434 e. The van der Waals surface area contributed by atoms with Crippen LogP contribution in [0.1, 0.15) is 42.6 Å². The lowest BCUT2D eigenvalue weighted by atomic mass is 9.94. The van der Waals surface area contributed by atoms with Crippen LogP contribution in [0.4, 0.5) is 4.79 Å². The molecule has 0 saturated carbocycles. The SMILES string of the molecule is COc1ccc(C2=NC(c3ccc(Cl)cc3)C(c3ccc(Cl)cc3)N2OC(=O)N(CCO)CCO)c(OC(C)C)c1. The van der Waals surface area contributed by atoms with E-state index in [0.717, 1.165) is 11.1 Å². The molecule has 11 heteroatoms. The molecule has 0 bridgehead atoms. The third-order valence-electron chi connectivity index (χ3n) is 6.41. The Morgan fingerprint density at radius 2 is 1.54 bits per heavy atom. The number of halogens is 2. The number of aliphatic hydroxyl groups is 2. The summed E-state index contributed by atoms with van der Waals surface area (Å²) in [6, 6.07) is 18.8. The number of nitrogens with zero attached hydrogens (tertiary/aromatic N) is 3. The molecule has 0 radical (unpaired) electrons. The summed E-state index contributed by atoms with van der Waals surface area (Å²) in [6.07, 6.45) is -0.918. The lowest BCUT2D eigenvalue weighted by Gasteiger charge is -2.31. The van der Waals surface area contributed by atoms with E-state index in [1.807, 2.05) is 38.1 Å². The molecule has 0 aliphatic carbocycles. The van der Waals surface area contributed by atoms with Gasteiger partial charge in [0.05, 0.1) is 32.0 Å². The lowest BCUT2D eigenvalue weighted by molar-refractivity contribution is -0.0814. The fourth-order valence-corrected chi connectivity index (χ4v) is 4.80. The van der Waals surface area contributed by atoms with Crippen molar-refractivity contribution < 1.29 is 29.3 Å². The normalized spacial score (nSPS) is 16.5. The molecule has 218 valence electrons. The molecule has 1 amide bonds. The van der Waals surface area contributed by atoms with Gasteiger partial charge in [0.15, 0.2) is 5.84 Å². The summed E-state index contributed by atoms with van der Waals surface area (Å²) >= 11 is 12.4. The molecule has 41 heavy (non-hydrogen) atoms. The lowest BCUT2D eigenvalue weighted by Crippen LogP contribution is -2.42. The fraction of sp³-hybridized carbons (Fsp3) is 0.333. The average molecular weight is 603 g/mol. The van der Waals surface area contributed by atoms with Gasteiger partial charge in [-0.2, -0.15) is 5.06 Å². The predicted molar refractivity (Wildman–Crippen MR) is 158 cm³/mol. The number of aliphatic imine (C=N–C) groups is 1. The third kappa shape index (κ3) is 7.23. The topological polar surface area (TPSA) is 104 Å². The highest BCUT2D eigenvalue weighted by atomic mass is 35.5. The van der Waals surface area contributed by atoms with Gasteiger partial charge in [0.1, 0.15) is 23.6 Å². The van der Waals surface area contributed by atoms with Gasteiger partial charge in [0.25, 0.3) is 0 Å². The highest BCUT2D eigenvalue weighted by Crippen LogP contribution is 2.45. The van der Waals surface area contributed by atoms with Gasteiger partial charge in [-0.05, 0) is 61.4 Å². The number of methoxy groups -OCH3 is 1. The van der Waals surface area contributed by atoms with Crippen LogP contribution in [-0.2, 0) is 4.84 Å². The van der Waals surface area contributed by atoms with Gasteiger partial charge in [0.2, 0.25) is 0 Å². The molecule has 0 spiro atoms. The Morgan fingerprint density at radius 1 is 0.951 bits per heavy atom. The van der Waals surface area contributed by atoms with Crippen molar-refractivity contribution in [3.8, 4) is 11.5 Å². The van der Waals surface area contributed by atoms with Gasteiger partial charge in [-0.1, -0.05) is 47.5 Å². The Hall–Kier alpha value is -3.50. The zero-order valence-electron chi connectivity index (χ0n) is 23.0. The van der Waals surface area contributed by atoms with Gasteiger partial charge in [-0.15, -0.1) is 0 Å². The van der Waals surface area contributed by atoms with Crippen LogP contribution in [0.2, 0.25) is 10.0 Å². The molecule has 2 unspecified atom stereocenters. The van der Waals surface area contributed by atoms with Crippen LogP contribution >= 0.6 is 23.2 Å². The number of amidine groups is 1. The first-order valence-electron chi connectivity index (χ1n) is 13.2. The van der Waals surface area contributed by atoms with Crippen molar-refractivity contribution in [2.24, 2.45) is 4.99 Å². The van der Waals surface area contributed by atoms with E-state index in [9.17, 15) is 15.0 Å². The average Bonchev–Trinajstić information content (AvgIpc) is 3.31. The van der Waals surface area contributed by atoms with E-state index in [1.165, 1.54) is 9.96 Å². The van der Waals surface area contributed by atoms with Gasteiger partial charge in [-0.25, -0.2) is 4.79 Å². The van der Waals surface area contributed by atoms with Gasteiger partial charge < -0.3 is 29.4 Å². The number of amides is 1. The predicted octanol–water partition coefficient (Wildman–Crippen LogP) is 5.67. The first-order chi connectivity index (χ1) is 19.7.